The summed E-state index contributed by atoms with van der Waals surface area (Å²) in [5.74, 6) is -0.770. The van der Waals surface area contributed by atoms with Crippen LogP contribution < -0.4 is 15.8 Å². The van der Waals surface area contributed by atoms with Gasteiger partial charge in [0.15, 0.2) is 11.6 Å². The molecule has 2 aromatic carbocycles. The lowest BCUT2D eigenvalue weighted by Crippen LogP contribution is -2.08. The van der Waals surface area contributed by atoms with Crippen molar-refractivity contribution in [3.63, 3.8) is 0 Å². The fraction of sp³-hybridized carbons (Fsp3) is 0.200. The molecule has 0 spiro atoms. The molecule has 2 aromatic rings. The zero-order valence-electron chi connectivity index (χ0n) is 11.6. The van der Waals surface area contributed by atoms with E-state index in [0.29, 0.717) is 15.8 Å². The molecule has 21 heavy (non-hydrogen) atoms. The highest BCUT2D eigenvalue weighted by Gasteiger charge is 2.12. The number of ether oxygens (including phenoxy) is 1. The molecule has 0 amide bonds. The number of hydrogen-bond acceptors (Lipinski definition) is 3. The van der Waals surface area contributed by atoms with Gasteiger partial charge in [-0.25, -0.2) is 8.78 Å². The Morgan fingerprint density at radius 2 is 1.86 bits per heavy atom. The summed E-state index contributed by atoms with van der Waals surface area (Å²) >= 11 is 3.25. The minimum atomic E-state index is -0.523. The third-order valence-corrected chi connectivity index (χ3v) is 3.32. The normalized spacial score (nSPS) is 10.8. The molecule has 0 heterocycles. The molecule has 3 N–H and O–H groups in total. The zero-order chi connectivity index (χ0) is 15.6. The maximum absolute atomic E-state index is 13.8. The van der Waals surface area contributed by atoms with Crippen molar-refractivity contribution in [2.24, 2.45) is 0 Å². The molecule has 0 unspecified atom stereocenters. The van der Waals surface area contributed by atoms with E-state index in [1.54, 1.807) is 19.9 Å². The highest BCUT2D eigenvalue weighted by Crippen LogP contribution is 2.33. The highest BCUT2D eigenvalue weighted by molar-refractivity contribution is 9.10. The van der Waals surface area contributed by atoms with Gasteiger partial charge in [-0.3, -0.25) is 0 Å². The van der Waals surface area contributed by atoms with Crippen LogP contribution in [-0.2, 0) is 0 Å². The Hall–Kier alpha value is -1.82. The molecule has 3 nitrogen and oxygen atoms in total. The molecule has 0 saturated carbocycles. The largest absolute Gasteiger partial charge is 0.488 e. The fourth-order valence-corrected chi connectivity index (χ4v) is 2.21. The second-order valence-corrected chi connectivity index (χ2v) is 5.64. The zero-order valence-corrected chi connectivity index (χ0v) is 13.2. The van der Waals surface area contributed by atoms with E-state index in [0.717, 1.165) is 0 Å². The van der Waals surface area contributed by atoms with Crippen molar-refractivity contribution in [2.45, 2.75) is 20.0 Å². The van der Waals surface area contributed by atoms with Crippen molar-refractivity contribution in [3.8, 4) is 5.75 Å². The lowest BCUT2D eigenvalue weighted by molar-refractivity contribution is 0.231. The van der Waals surface area contributed by atoms with Crippen LogP contribution in [0.25, 0.3) is 0 Å². The van der Waals surface area contributed by atoms with Crippen molar-refractivity contribution in [3.05, 3.63) is 46.4 Å². The first-order valence-electron chi connectivity index (χ1n) is 6.34. The molecule has 0 aromatic heterocycles. The second-order valence-electron chi connectivity index (χ2n) is 4.79. The molecule has 112 valence electrons. The summed E-state index contributed by atoms with van der Waals surface area (Å²) in [6.45, 7) is 3.61. The van der Waals surface area contributed by atoms with E-state index < -0.39 is 5.82 Å². The SMILES string of the molecule is CC(C)Oc1cc(Nc2ccc(F)cc2Br)c(N)cc1F. The van der Waals surface area contributed by atoms with Crippen LogP contribution in [0.15, 0.2) is 34.8 Å². The predicted molar refractivity (Wildman–Crippen MR) is 84.0 cm³/mol. The lowest BCUT2D eigenvalue weighted by atomic mass is 10.2. The molecule has 0 saturated heterocycles. The molecule has 0 aliphatic heterocycles. The minimum Gasteiger partial charge on any atom is -0.488 e. The summed E-state index contributed by atoms with van der Waals surface area (Å²) in [6.07, 6.45) is -0.159. The van der Waals surface area contributed by atoms with Gasteiger partial charge in [-0.05, 0) is 48.0 Å². The van der Waals surface area contributed by atoms with Gasteiger partial charge < -0.3 is 15.8 Å². The molecule has 0 aliphatic rings. The van der Waals surface area contributed by atoms with Gasteiger partial charge in [0.1, 0.15) is 5.82 Å². The highest BCUT2D eigenvalue weighted by atomic mass is 79.9. The molecule has 0 radical (unpaired) electrons. The molecule has 0 bridgehead atoms. The first-order valence-corrected chi connectivity index (χ1v) is 7.14. The molecule has 0 atom stereocenters. The summed E-state index contributed by atoms with van der Waals surface area (Å²) in [5.41, 5.74) is 7.14. The van der Waals surface area contributed by atoms with E-state index in [2.05, 4.69) is 21.2 Å². The third-order valence-electron chi connectivity index (χ3n) is 2.67. The van der Waals surface area contributed by atoms with Crippen LogP contribution in [0, 0.1) is 11.6 Å². The topological polar surface area (TPSA) is 47.3 Å². The number of nitrogens with one attached hydrogen (secondary N) is 1. The second kappa shape index (κ2) is 6.30. The molecule has 6 heteroatoms. The van der Waals surface area contributed by atoms with Gasteiger partial charge in [-0.1, -0.05) is 0 Å². The molecule has 2 rings (SSSR count). The predicted octanol–water partition coefficient (Wildman–Crippen LogP) is 4.84. The first-order chi connectivity index (χ1) is 9.86. The lowest BCUT2D eigenvalue weighted by Gasteiger charge is -2.15. The number of halogens is 3. The van der Waals surface area contributed by atoms with E-state index in [4.69, 9.17) is 10.5 Å². The van der Waals surface area contributed by atoms with E-state index in [1.165, 1.54) is 24.3 Å². The molecular weight excluding hydrogens is 342 g/mol. The molecule has 0 aliphatic carbocycles. The summed E-state index contributed by atoms with van der Waals surface area (Å²) < 4.78 is 32.8. The van der Waals surface area contributed by atoms with Crippen LogP contribution >= 0.6 is 15.9 Å². The van der Waals surface area contributed by atoms with Gasteiger partial charge in [0, 0.05) is 16.6 Å². The minimum absolute atomic E-state index is 0.111. The third kappa shape index (κ3) is 3.85. The summed E-state index contributed by atoms with van der Waals surface area (Å²) in [5, 5.41) is 3.02. The number of nitrogen functional groups attached to an aromatic ring is 1. The Morgan fingerprint density at radius 3 is 2.48 bits per heavy atom. The van der Waals surface area contributed by atoms with Gasteiger partial charge in [0.2, 0.25) is 0 Å². The van der Waals surface area contributed by atoms with Gasteiger partial charge in [-0.2, -0.15) is 0 Å². The van der Waals surface area contributed by atoms with Crippen molar-refractivity contribution in [1.29, 1.82) is 0 Å². The average Bonchev–Trinajstić information content (AvgIpc) is 2.37. The van der Waals surface area contributed by atoms with Crippen LogP contribution in [0.4, 0.5) is 25.8 Å². The number of rotatable bonds is 4. The van der Waals surface area contributed by atoms with E-state index in [9.17, 15) is 8.78 Å². The quantitative estimate of drug-likeness (QED) is 0.770. The standard InChI is InChI=1S/C15H15BrF2N2O/c1-8(2)21-15-7-14(12(19)6-11(15)18)20-13-4-3-9(17)5-10(13)16/h3-8,20H,19H2,1-2H3. The average molecular weight is 357 g/mol. The summed E-state index contributed by atoms with van der Waals surface area (Å²) in [6, 6.07) is 6.88. The number of benzene rings is 2. The van der Waals surface area contributed by atoms with Crippen molar-refractivity contribution < 1.29 is 13.5 Å². The van der Waals surface area contributed by atoms with Crippen LogP contribution in [0.2, 0.25) is 0 Å². The summed E-state index contributed by atoms with van der Waals surface area (Å²) in [7, 11) is 0. The Balaban J connectivity index is 2.34. The number of nitrogens with two attached hydrogens (primary N) is 1. The van der Waals surface area contributed by atoms with Gasteiger partial charge in [-0.15, -0.1) is 0 Å². The smallest absolute Gasteiger partial charge is 0.167 e. The van der Waals surface area contributed by atoms with Crippen LogP contribution in [-0.4, -0.2) is 6.10 Å². The summed E-state index contributed by atoms with van der Waals surface area (Å²) in [4.78, 5) is 0. The molecular formula is C15H15BrF2N2O. The van der Waals surface area contributed by atoms with Crippen molar-refractivity contribution in [2.75, 3.05) is 11.1 Å². The van der Waals surface area contributed by atoms with Crippen LogP contribution in [0.1, 0.15) is 13.8 Å². The fourth-order valence-electron chi connectivity index (χ4n) is 1.76. The van der Waals surface area contributed by atoms with Gasteiger partial charge in [0.25, 0.3) is 0 Å². The van der Waals surface area contributed by atoms with E-state index in [1.807, 2.05) is 0 Å². The Kier molecular flexibility index (Phi) is 4.67. The van der Waals surface area contributed by atoms with Gasteiger partial charge >= 0.3 is 0 Å². The number of anilines is 3. The monoisotopic (exact) mass is 356 g/mol. The Bertz CT molecular complexity index is 662. The Morgan fingerprint density at radius 1 is 1.14 bits per heavy atom. The van der Waals surface area contributed by atoms with E-state index in [-0.39, 0.29) is 23.4 Å². The maximum atomic E-state index is 13.8. The first kappa shape index (κ1) is 15.6. The van der Waals surface area contributed by atoms with Crippen molar-refractivity contribution in [1.82, 2.24) is 0 Å². The number of hydrogen-bond donors (Lipinski definition) is 2. The van der Waals surface area contributed by atoms with Crippen LogP contribution in [0.5, 0.6) is 5.75 Å². The molecule has 0 fully saturated rings. The maximum Gasteiger partial charge on any atom is 0.167 e. The van der Waals surface area contributed by atoms with Gasteiger partial charge in [0.05, 0.1) is 23.2 Å². The van der Waals surface area contributed by atoms with E-state index >= 15 is 0 Å². The van der Waals surface area contributed by atoms with Crippen molar-refractivity contribution >= 4 is 33.0 Å². The van der Waals surface area contributed by atoms with Crippen LogP contribution in [0.3, 0.4) is 0 Å². The Labute approximate surface area is 130 Å².